The van der Waals surface area contributed by atoms with Gasteiger partial charge in [0.1, 0.15) is 6.29 Å². The quantitative estimate of drug-likeness (QED) is 0.569. The average Bonchev–Trinajstić information content (AvgIpc) is 1.88. The molecule has 0 saturated heterocycles. The minimum atomic E-state index is 0.489. The van der Waals surface area contributed by atoms with Gasteiger partial charge in [0.25, 0.3) is 0 Å². The molecule has 2 heteroatoms. The lowest BCUT2D eigenvalue weighted by atomic mass is 10.2. The first-order valence-corrected chi connectivity index (χ1v) is 3.18. The Hall–Kier alpha value is -1.18. The van der Waals surface area contributed by atoms with Crippen molar-refractivity contribution in [1.29, 1.82) is 0 Å². The molecule has 0 aliphatic heterocycles. The Bertz CT molecular complexity index is 232. The van der Waals surface area contributed by atoms with Gasteiger partial charge in [0.05, 0.1) is 0 Å². The van der Waals surface area contributed by atoms with Crippen LogP contribution in [0.5, 0.6) is 0 Å². The fraction of sp³-hybridized carbons (Fsp3) is 0.250. The average molecular weight is 135 g/mol. The Morgan fingerprint density at radius 2 is 2.50 bits per heavy atom. The predicted molar refractivity (Wildman–Crippen MR) is 38.7 cm³/mol. The van der Waals surface area contributed by atoms with Crippen LogP contribution >= 0.6 is 0 Å². The minimum absolute atomic E-state index is 0.489. The summed E-state index contributed by atoms with van der Waals surface area (Å²) >= 11 is 0. The van der Waals surface area contributed by atoms with E-state index in [0.29, 0.717) is 6.42 Å². The molecule has 1 rings (SSSR count). The highest BCUT2D eigenvalue weighted by molar-refractivity contribution is 5.54. The fourth-order valence-electron chi connectivity index (χ4n) is 0.827. The Kier molecular flexibility index (Phi) is 2.15. The lowest BCUT2D eigenvalue weighted by molar-refractivity contribution is -0.107. The summed E-state index contributed by atoms with van der Waals surface area (Å²) in [6.07, 6.45) is 3.10. The van der Waals surface area contributed by atoms with Gasteiger partial charge in [-0.15, -0.1) is 0 Å². The number of aromatic nitrogens is 1. The zero-order valence-corrected chi connectivity index (χ0v) is 5.87. The van der Waals surface area contributed by atoms with E-state index in [1.807, 2.05) is 19.1 Å². The maximum Gasteiger partial charge on any atom is 0.124 e. The summed E-state index contributed by atoms with van der Waals surface area (Å²) in [5.74, 6) is 0. The summed E-state index contributed by atoms with van der Waals surface area (Å²) in [7, 11) is 0. The Labute approximate surface area is 59.9 Å². The van der Waals surface area contributed by atoms with Crippen LogP contribution < -0.4 is 0 Å². The number of carbonyl (C=O) groups excluding carboxylic acids is 1. The van der Waals surface area contributed by atoms with E-state index in [2.05, 4.69) is 4.98 Å². The molecule has 2 nitrogen and oxygen atoms in total. The van der Waals surface area contributed by atoms with Crippen molar-refractivity contribution < 1.29 is 4.79 Å². The van der Waals surface area contributed by atoms with E-state index in [1.165, 1.54) is 0 Å². The van der Waals surface area contributed by atoms with Gasteiger partial charge in [0.15, 0.2) is 0 Å². The van der Waals surface area contributed by atoms with E-state index in [-0.39, 0.29) is 0 Å². The normalized spacial score (nSPS) is 9.30. The first-order valence-electron chi connectivity index (χ1n) is 3.18. The van der Waals surface area contributed by atoms with E-state index in [0.717, 1.165) is 17.5 Å². The summed E-state index contributed by atoms with van der Waals surface area (Å²) in [5, 5.41) is 0. The molecular weight excluding hydrogens is 126 g/mol. The molecule has 0 aromatic carbocycles. The topological polar surface area (TPSA) is 30.0 Å². The van der Waals surface area contributed by atoms with Gasteiger partial charge in [0.2, 0.25) is 0 Å². The van der Waals surface area contributed by atoms with Crippen molar-refractivity contribution >= 4 is 6.29 Å². The van der Waals surface area contributed by atoms with Crippen LogP contribution in [-0.4, -0.2) is 11.3 Å². The molecule has 0 unspecified atom stereocenters. The monoisotopic (exact) mass is 135 g/mol. The van der Waals surface area contributed by atoms with Gasteiger partial charge in [-0.2, -0.15) is 0 Å². The third-order valence-corrected chi connectivity index (χ3v) is 1.28. The number of rotatable bonds is 2. The van der Waals surface area contributed by atoms with Gasteiger partial charge in [-0.3, -0.25) is 4.98 Å². The van der Waals surface area contributed by atoms with Crippen molar-refractivity contribution in [3.05, 3.63) is 29.6 Å². The second-order valence-corrected chi connectivity index (χ2v) is 2.18. The molecule has 1 aromatic rings. The molecule has 0 fully saturated rings. The van der Waals surface area contributed by atoms with Gasteiger partial charge in [-0.05, 0) is 24.6 Å². The summed E-state index contributed by atoms with van der Waals surface area (Å²) in [4.78, 5) is 14.1. The molecule has 0 amide bonds. The van der Waals surface area contributed by atoms with Crippen LogP contribution in [0.3, 0.4) is 0 Å². The third-order valence-electron chi connectivity index (χ3n) is 1.28. The van der Waals surface area contributed by atoms with Gasteiger partial charge < -0.3 is 4.79 Å². The number of hydrogen-bond acceptors (Lipinski definition) is 2. The fourth-order valence-corrected chi connectivity index (χ4v) is 0.827. The van der Waals surface area contributed by atoms with Gasteiger partial charge in [-0.25, -0.2) is 0 Å². The van der Waals surface area contributed by atoms with Crippen LogP contribution in [0.25, 0.3) is 0 Å². The second-order valence-electron chi connectivity index (χ2n) is 2.18. The first-order chi connectivity index (χ1) is 4.83. The van der Waals surface area contributed by atoms with Crippen LogP contribution in [0.15, 0.2) is 18.3 Å². The Morgan fingerprint density at radius 1 is 1.70 bits per heavy atom. The predicted octanol–water partition coefficient (Wildman–Crippen LogP) is 1.13. The van der Waals surface area contributed by atoms with Crippen LogP contribution in [-0.2, 0) is 11.2 Å². The summed E-state index contributed by atoms with van der Waals surface area (Å²) in [6, 6.07) is 3.76. The molecular formula is C8H9NO. The smallest absolute Gasteiger partial charge is 0.124 e. The van der Waals surface area contributed by atoms with Crippen molar-refractivity contribution in [2.75, 3.05) is 0 Å². The standard InChI is InChI=1S/C8H9NO/c1-7-6-8(3-5-10)2-4-9-7/h2,4-6H,3H2,1H3. The second kappa shape index (κ2) is 3.11. The molecule has 0 spiro atoms. The maximum atomic E-state index is 10.1. The lowest BCUT2D eigenvalue weighted by Gasteiger charge is -1.94. The van der Waals surface area contributed by atoms with Crippen molar-refractivity contribution in [3.63, 3.8) is 0 Å². The molecule has 0 saturated carbocycles. The SMILES string of the molecule is Cc1cc(CC=O)ccn1. The zero-order chi connectivity index (χ0) is 7.40. The number of aldehydes is 1. The van der Waals surface area contributed by atoms with E-state index >= 15 is 0 Å². The van der Waals surface area contributed by atoms with Crippen LogP contribution in [0.2, 0.25) is 0 Å². The van der Waals surface area contributed by atoms with Crippen molar-refractivity contribution in [3.8, 4) is 0 Å². The molecule has 0 aliphatic rings. The molecule has 10 heavy (non-hydrogen) atoms. The van der Waals surface area contributed by atoms with Crippen molar-refractivity contribution in [2.24, 2.45) is 0 Å². The minimum Gasteiger partial charge on any atom is -0.303 e. The van der Waals surface area contributed by atoms with Crippen molar-refractivity contribution in [2.45, 2.75) is 13.3 Å². The van der Waals surface area contributed by atoms with Gasteiger partial charge in [0, 0.05) is 18.3 Å². The maximum absolute atomic E-state index is 10.1. The van der Waals surface area contributed by atoms with E-state index in [4.69, 9.17) is 0 Å². The summed E-state index contributed by atoms with van der Waals surface area (Å²) in [6.45, 7) is 1.91. The van der Waals surface area contributed by atoms with Crippen LogP contribution in [0.4, 0.5) is 0 Å². The van der Waals surface area contributed by atoms with Crippen molar-refractivity contribution in [1.82, 2.24) is 4.98 Å². The van der Waals surface area contributed by atoms with Crippen LogP contribution in [0.1, 0.15) is 11.3 Å². The number of carbonyl (C=O) groups is 1. The highest BCUT2D eigenvalue weighted by Crippen LogP contribution is 1.99. The molecule has 0 N–H and O–H groups in total. The number of aryl methyl sites for hydroxylation is 1. The number of nitrogens with zero attached hydrogens (tertiary/aromatic N) is 1. The Balaban J connectivity index is 2.84. The third kappa shape index (κ3) is 1.65. The van der Waals surface area contributed by atoms with E-state index in [1.54, 1.807) is 6.20 Å². The molecule has 0 bridgehead atoms. The van der Waals surface area contributed by atoms with Gasteiger partial charge >= 0.3 is 0 Å². The summed E-state index contributed by atoms with van der Waals surface area (Å²) in [5.41, 5.74) is 1.99. The van der Waals surface area contributed by atoms with E-state index in [9.17, 15) is 4.79 Å². The first kappa shape index (κ1) is 6.93. The van der Waals surface area contributed by atoms with Crippen LogP contribution in [0, 0.1) is 6.92 Å². The molecule has 1 aromatic heterocycles. The molecule has 0 aliphatic carbocycles. The molecule has 0 radical (unpaired) electrons. The molecule has 0 atom stereocenters. The highest BCUT2D eigenvalue weighted by atomic mass is 16.1. The number of pyridine rings is 1. The van der Waals surface area contributed by atoms with E-state index < -0.39 is 0 Å². The highest BCUT2D eigenvalue weighted by Gasteiger charge is 1.90. The zero-order valence-electron chi connectivity index (χ0n) is 5.87. The molecule has 1 heterocycles. The number of hydrogen-bond donors (Lipinski definition) is 0. The lowest BCUT2D eigenvalue weighted by Crippen LogP contribution is -1.87. The van der Waals surface area contributed by atoms with Gasteiger partial charge in [-0.1, -0.05) is 0 Å². The largest absolute Gasteiger partial charge is 0.303 e. The molecule has 52 valence electrons. The summed E-state index contributed by atoms with van der Waals surface area (Å²) < 4.78 is 0. The Morgan fingerprint density at radius 3 is 3.10 bits per heavy atom.